The highest BCUT2D eigenvalue weighted by atomic mass is 19.1. The van der Waals surface area contributed by atoms with Gasteiger partial charge >= 0.3 is 0 Å². The van der Waals surface area contributed by atoms with Crippen LogP contribution in [0.5, 0.6) is 17.2 Å². The van der Waals surface area contributed by atoms with Gasteiger partial charge in [-0.15, -0.1) is 0 Å². The molecule has 0 aromatic heterocycles. The summed E-state index contributed by atoms with van der Waals surface area (Å²) in [6, 6.07) is 10.6. The molecule has 0 saturated carbocycles. The Morgan fingerprint density at radius 3 is 2.59 bits per heavy atom. The van der Waals surface area contributed by atoms with Crippen LogP contribution in [0.1, 0.15) is 0 Å². The Balaban J connectivity index is 1.99. The predicted molar refractivity (Wildman–Crippen MR) is 80.1 cm³/mol. The molecule has 2 aromatic rings. The second-order valence-electron chi connectivity index (χ2n) is 4.36. The molecule has 116 valence electrons. The maximum atomic E-state index is 13.0. The Bertz CT molecular complexity index is 660. The molecule has 0 aliphatic heterocycles. The molecular formula is C16H16FNO4. The quantitative estimate of drug-likeness (QED) is 0.891. The highest BCUT2D eigenvalue weighted by Gasteiger charge is 2.10. The van der Waals surface area contributed by atoms with E-state index in [9.17, 15) is 9.18 Å². The van der Waals surface area contributed by atoms with Crippen LogP contribution in [0, 0.1) is 5.82 Å². The van der Waals surface area contributed by atoms with Crippen molar-refractivity contribution < 1.29 is 23.4 Å². The van der Waals surface area contributed by atoms with Gasteiger partial charge in [-0.1, -0.05) is 6.07 Å². The number of ether oxygens (including phenoxy) is 3. The molecule has 22 heavy (non-hydrogen) atoms. The number of hydrogen-bond donors (Lipinski definition) is 1. The Morgan fingerprint density at radius 1 is 1.09 bits per heavy atom. The molecule has 2 aromatic carbocycles. The SMILES string of the molecule is COc1ccc(OC)c(NC(=O)COc2cccc(F)c2)c1. The van der Waals surface area contributed by atoms with E-state index in [-0.39, 0.29) is 12.4 Å². The molecule has 0 bridgehead atoms. The first-order valence-corrected chi connectivity index (χ1v) is 6.52. The molecule has 1 N–H and O–H groups in total. The van der Waals surface area contributed by atoms with Crippen LogP contribution in [0.2, 0.25) is 0 Å². The van der Waals surface area contributed by atoms with Crippen LogP contribution in [0.3, 0.4) is 0 Å². The summed E-state index contributed by atoms with van der Waals surface area (Å²) >= 11 is 0. The fourth-order valence-corrected chi connectivity index (χ4v) is 1.80. The van der Waals surface area contributed by atoms with E-state index in [0.29, 0.717) is 17.2 Å². The van der Waals surface area contributed by atoms with E-state index in [4.69, 9.17) is 14.2 Å². The van der Waals surface area contributed by atoms with Gasteiger partial charge < -0.3 is 19.5 Å². The van der Waals surface area contributed by atoms with Gasteiger partial charge in [-0.3, -0.25) is 4.79 Å². The summed E-state index contributed by atoms with van der Waals surface area (Å²) in [6.07, 6.45) is 0. The van der Waals surface area contributed by atoms with Crippen molar-refractivity contribution in [3.05, 3.63) is 48.3 Å². The predicted octanol–water partition coefficient (Wildman–Crippen LogP) is 2.86. The molecule has 0 saturated heterocycles. The number of nitrogens with one attached hydrogen (secondary N) is 1. The van der Waals surface area contributed by atoms with E-state index < -0.39 is 11.7 Å². The number of benzene rings is 2. The summed E-state index contributed by atoms with van der Waals surface area (Å²) in [7, 11) is 3.03. The zero-order valence-corrected chi connectivity index (χ0v) is 12.3. The molecule has 0 heterocycles. The molecule has 5 nitrogen and oxygen atoms in total. The fourth-order valence-electron chi connectivity index (χ4n) is 1.80. The minimum Gasteiger partial charge on any atom is -0.497 e. The standard InChI is InChI=1S/C16H16FNO4/c1-20-12-6-7-15(21-2)14(9-12)18-16(19)10-22-13-5-3-4-11(17)8-13/h3-9H,10H2,1-2H3,(H,18,19). The molecule has 0 radical (unpaired) electrons. The Morgan fingerprint density at radius 2 is 1.91 bits per heavy atom. The zero-order chi connectivity index (χ0) is 15.9. The third-order valence-electron chi connectivity index (χ3n) is 2.85. The zero-order valence-electron chi connectivity index (χ0n) is 12.3. The van der Waals surface area contributed by atoms with Crippen molar-refractivity contribution in [3.63, 3.8) is 0 Å². The van der Waals surface area contributed by atoms with Crippen LogP contribution in [-0.2, 0) is 4.79 Å². The molecule has 0 aliphatic carbocycles. The van der Waals surface area contributed by atoms with Gasteiger partial charge in [0.25, 0.3) is 5.91 Å². The summed E-state index contributed by atoms with van der Waals surface area (Å²) in [5.41, 5.74) is 0.467. The molecule has 6 heteroatoms. The second-order valence-corrected chi connectivity index (χ2v) is 4.36. The van der Waals surface area contributed by atoms with E-state index >= 15 is 0 Å². The topological polar surface area (TPSA) is 56.8 Å². The van der Waals surface area contributed by atoms with Crippen LogP contribution >= 0.6 is 0 Å². The summed E-state index contributed by atoms with van der Waals surface area (Å²) < 4.78 is 28.5. The number of halogens is 1. The number of amides is 1. The van der Waals surface area contributed by atoms with Gasteiger partial charge in [-0.05, 0) is 24.3 Å². The van der Waals surface area contributed by atoms with Gasteiger partial charge in [-0.2, -0.15) is 0 Å². The lowest BCUT2D eigenvalue weighted by Crippen LogP contribution is -2.20. The molecule has 0 fully saturated rings. The third-order valence-corrected chi connectivity index (χ3v) is 2.85. The maximum absolute atomic E-state index is 13.0. The number of rotatable bonds is 6. The van der Waals surface area contributed by atoms with Crippen molar-refractivity contribution in [3.8, 4) is 17.2 Å². The van der Waals surface area contributed by atoms with Crippen molar-refractivity contribution in [2.75, 3.05) is 26.1 Å². The van der Waals surface area contributed by atoms with Crippen LogP contribution < -0.4 is 19.5 Å². The molecule has 1 amide bonds. The lowest BCUT2D eigenvalue weighted by atomic mass is 10.2. The third kappa shape index (κ3) is 4.12. The van der Waals surface area contributed by atoms with Gasteiger partial charge in [0, 0.05) is 12.1 Å². The smallest absolute Gasteiger partial charge is 0.262 e. The summed E-state index contributed by atoms with van der Waals surface area (Å²) in [5.74, 6) is 0.554. The highest BCUT2D eigenvalue weighted by Crippen LogP contribution is 2.28. The second kappa shape index (κ2) is 7.31. The van der Waals surface area contributed by atoms with Crippen LogP contribution in [0.15, 0.2) is 42.5 Å². The van der Waals surface area contributed by atoms with E-state index in [2.05, 4.69) is 5.32 Å². The van der Waals surface area contributed by atoms with E-state index in [1.54, 1.807) is 24.3 Å². The first-order chi connectivity index (χ1) is 10.6. The maximum Gasteiger partial charge on any atom is 0.262 e. The van der Waals surface area contributed by atoms with Crippen molar-refractivity contribution in [2.24, 2.45) is 0 Å². The Hall–Kier alpha value is -2.76. The number of hydrogen-bond acceptors (Lipinski definition) is 4. The number of anilines is 1. The van der Waals surface area contributed by atoms with Crippen LogP contribution in [0.4, 0.5) is 10.1 Å². The van der Waals surface area contributed by atoms with Gasteiger partial charge in [0.1, 0.15) is 23.1 Å². The fraction of sp³-hybridized carbons (Fsp3) is 0.188. The van der Waals surface area contributed by atoms with Crippen molar-refractivity contribution in [1.29, 1.82) is 0 Å². The lowest BCUT2D eigenvalue weighted by Gasteiger charge is -2.12. The van der Waals surface area contributed by atoms with Gasteiger partial charge in [0.15, 0.2) is 6.61 Å². The van der Waals surface area contributed by atoms with Gasteiger partial charge in [0.2, 0.25) is 0 Å². The van der Waals surface area contributed by atoms with E-state index in [1.807, 2.05) is 0 Å². The molecule has 2 rings (SSSR count). The Kier molecular flexibility index (Phi) is 5.19. The average molecular weight is 305 g/mol. The normalized spacial score (nSPS) is 9.95. The minimum atomic E-state index is -0.424. The molecule has 0 aliphatic rings. The number of carbonyl (C=O) groups is 1. The Labute approximate surface area is 127 Å². The summed E-state index contributed by atoms with van der Waals surface area (Å²) in [5, 5.41) is 2.66. The number of carbonyl (C=O) groups excluding carboxylic acids is 1. The first kappa shape index (κ1) is 15.6. The minimum absolute atomic E-state index is 0.246. The summed E-state index contributed by atoms with van der Waals surface area (Å²) in [4.78, 5) is 11.9. The largest absolute Gasteiger partial charge is 0.497 e. The van der Waals surface area contributed by atoms with Crippen molar-refractivity contribution in [1.82, 2.24) is 0 Å². The van der Waals surface area contributed by atoms with E-state index in [0.717, 1.165) is 0 Å². The average Bonchev–Trinajstić information content (AvgIpc) is 2.53. The lowest BCUT2D eigenvalue weighted by molar-refractivity contribution is -0.118. The van der Waals surface area contributed by atoms with E-state index in [1.165, 1.54) is 32.4 Å². The summed E-state index contributed by atoms with van der Waals surface area (Å²) in [6.45, 7) is -0.246. The van der Waals surface area contributed by atoms with Gasteiger partial charge in [-0.25, -0.2) is 4.39 Å². The van der Waals surface area contributed by atoms with Gasteiger partial charge in [0.05, 0.1) is 19.9 Å². The van der Waals surface area contributed by atoms with Crippen LogP contribution in [0.25, 0.3) is 0 Å². The molecule has 0 atom stereocenters. The molecule has 0 spiro atoms. The monoisotopic (exact) mass is 305 g/mol. The van der Waals surface area contributed by atoms with Crippen molar-refractivity contribution >= 4 is 11.6 Å². The van der Waals surface area contributed by atoms with Crippen molar-refractivity contribution in [2.45, 2.75) is 0 Å². The molecular weight excluding hydrogens is 289 g/mol. The first-order valence-electron chi connectivity index (χ1n) is 6.52. The molecule has 0 unspecified atom stereocenters. The number of methoxy groups -OCH3 is 2. The van der Waals surface area contributed by atoms with Crippen LogP contribution in [-0.4, -0.2) is 26.7 Å². The highest BCUT2D eigenvalue weighted by molar-refractivity contribution is 5.93.